The third-order valence-corrected chi connectivity index (χ3v) is 2.63. The fourth-order valence-electron chi connectivity index (χ4n) is 1.37. The zero-order chi connectivity index (χ0) is 13.2. The lowest BCUT2D eigenvalue weighted by Crippen LogP contribution is -2.28. The van der Waals surface area contributed by atoms with Gasteiger partial charge in [-0.05, 0) is 25.2 Å². The second kappa shape index (κ2) is 9.16. The molecule has 1 N–H and O–H groups in total. The molecule has 4 nitrogen and oxygen atoms in total. The van der Waals surface area contributed by atoms with E-state index in [1.54, 1.807) is 6.07 Å². The Balaban J connectivity index is 2.09. The first kappa shape index (κ1) is 15.2. The molecular formula is C13H20ClNO3. The van der Waals surface area contributed by atoms with Gasteiger partial charge in [0.1, 0.15) is 12.4 Å². The van der Waals surface area contributed by atoms with Crippen molar-refractivity contribution >= 4 is 11.6 Å². The molecule has 102 valence electrons. The summed E-state index contributed by atoms with van der Waals surface area (Å²) in [4.78, 5) is 2.11. The molecule has 0 atom stereocenters. The molecule has 0 aliphatic carbocycles. The van der Waals surface area contributed by atoms with Gasteiger partial charge in [0.2, 0.25) is 0 Å². The molecule has 0 heterocycles. The minimum Gasteiger partial charge on any atom is -0.492 e. The smallest absolute Gasteiger partial charge is 0.120 e. The molecule has 0 aromatic heterocycles. The van der Waals surface area contributed by atoms with Crippen molar-refractivity contribution in [2.45, 2.75) is 0 Å². The van der Waals surface area contributed by atoms with Gasteiger partial charge in [-0.25, -0.2) is 0 Å². The van der Waals surface area contributed by atoms with Gasteiger partial charge in [0.15, 0.2) is 0 Å². The summed E-state index contributed by atoms with van der Waals surface area (Å²) in [6, 6.07) is 7.37. The number of hydrogen-bond acceptors (Lipinski definition) is 4. The molecule has 1 aromatic carbocycles. The molecule has 0 radical (unpaired) electrons. The lowest BCUT2D eigenvalue weighted by molar-refractivity contribution is 0.0760. The van der Waals surface area contributed by atoms with E-state index in [1.807, 2.05) is 25.2 Å². The Kier molecular flexibility index (Phi) is 7.76. The van der Waals surface area contributed by atoms with E-state index in [4.69, 9.17) is 26.2 Å². The lowest BCUT2D eigenvalue weighted by atomic mass is 10.3. The zero-order valence-electron chi connectivity index (χ0n) is 10.6. The van der Waals surface area contributed by atoms with E-state index in [0.717, 1.165) is 18.8 Å². The molecule has 0 amide bonds. The van der Waals surface area contributed by atoms with Crippen molar-refractivity contribution in [3.8, 4) is 5.75 Å². The van der Waals surface area contributed by atoms with Crippen LogP contribution in [0.15, 0.2) is 24.3 Å². The minimum atomic E-state index is 0.0710. The highest BCUT2D eigenvalue weighted by Gasteiger charge is 1.99. The number of aliphatic hydroxyl groups excluding tert-OH is 1. The molecule has 0 unspecified atom stereocenters. The molecule has 1 aromatic rings. The van der Waals surface area contributed by atoms with Gasteiger partial charge in [-0.3, -0.25) is 0 Å². The summed E-state index contributed by atoms with van der Waals surface area (Å²) in [6.07, 6.45) is 0. The molecule has 18 heavy (non-hydrogen) atoms. The van der Waals surface area contributed by atoms with Crippen LogP contribution < -0.4 is 4.74 Å². The van der Waals surface area contributed by atoms with Crippen LogP contribution in [0, 0.1) is 0 Å². The van der Waals surface area contributed by atoms with Crippen LogP contribution in [0.1, 0.15) is 0 Å². The van der Waals surface area contributed by atoms with Crippen molar-refractivity contribution in [2.24, 2.45) is 0 Å². The van der Waals surface area contributed by atoms with E-state index >= 15 is 0 Å². The van der Waals surface area contributed by atoms with Gasteiger partial charge in [-0.2, -0.15) is 0 Å². The zero-order valence-corrected chi connectivity index (χ0v) is 11.4. The van der Waals surface area contributed by atoms with Crippen molar-refractivity contribution in [3.05, 3.63) is 29.3 Å². The van der Waals surface area contributed by atoms with E-state index in [9.17, 15) is 0 Å². The number of rotatable bonds is 9. The van der Waals surface area contributed by atoms with Crippen LogP contribution in [-0.4, -0.2) is 56.6 Å². The predicted octanol–water partition coefficient (Wildman–Crippen LogP) is 1.66. The Labute approximate surface area is 113 Å². The van der Waals surface area contributed by atoms with Gasteiger partial charge >= 0.3 is 0 Å². The summed E-state index contributed by atoms with van der Waals surface area (Å²) in [7, 11) is 2.00. The first-order valence-electron chi connectivity index (χ1n) is 5.98. The van der Waals surface area contributed by atoms with Gasteiger partial charge in [0.05, 0.1) is 19.8 Å². The fraction of sp³-hybridized carbons (Fsp3) is 0.538. The average Bonchev–Trinajstić information content (AvgIpc) is 2.35. The number of ether oxygens (including phenoxy) is 2. The predicted molar refractivity (Wildman–Crippen MR) is 72.3 cm³/mol. The molecule has 0 saturated heterocycles. The highest BCUT2D eigenvalue weighted by molar-refractivity contribution is 6.30. The molecule has 0 spiro atoms. The van der Waals surface area contributed by atoms with Gasteiger partial charge in [-0.15, -0.1) is 0 Å². The Bertz CT molecular complexity index is 336. The first-order chi connectivity index (χ1) is 8.72. The molecular weight excluding hydrogens is 254 g/mol. The Morgan fingerprint density at radius 2 is 2.00 bits per heavy atom. The second-order valence-electron chi connectivity index (χ2n) is 3.95. The number of aliphatic hydroxyl groups is 1. The van der Waals surface area contributed by atoms with Crippen molar-refractivity contribution in [1.29, 1.82) is 0 Å². The van der Waals surface area contributed by atoms with E-state index in [2.05, 4.69) is 4.90 Å². The molecule has 0 bridgehead atoms. The Hall–Kier alpha value is -0.810. The number of hydrogen-bond donors (Lipinski definition) is 1. The summed E-state index contributed by atoms with van der Waals surface area (Å²) in [5.74, 6) is 0.785. The summed E-state index contributed by atoms with van der Waals surface area (Å²) < 4.78 is 10.8. The summed E-state index contributed by atoms with van der Waals surface area (Å²) in [5, 5.41) is 9.23. The molecule has 5 heteroatoms. The first-order valence-corrected chi connectivity index (χ1v) is 6.35. The number of likely N-dealkylation sites (N-methyl/N-ethyl adjacent to an activating group) is 1. The number of halogens is 1. The fourth-order valence-corrected chi connectivity index (χ4v) is 1.56. The number of benzene rings is 1. The highest BCUT2D eigenvalue weighted by Crippen LogP contribution is 2.16. The normalized spacial score (nSPS) is 10.9. The molecule has 0 aliphatic rings. The third-order valence-electron chi connectivity index (χ3n) is 2.39. The summed E-state index contributed by atoms with van der Waals surface area (Å²) >= 11 is 5.86. The van der Waals surface area contributed by atoms with Crippen molar-refractivity contribution < 1.29 is 14.6 Å². The van der Waals surface area contributed by atoms with Crippen LogP contribution >= 0.6 is 11.6 Å². The van der Waals surface area contributed by atoms with E-state index in [1.165, 1.54) is 0 Å². The standard InChI is InChI=1S/C13H20ClNO3/c1-15(5-8-17-10-7-16)6-9-18-13-4-2-3-12(14)11-13/h2-4,11,16H,5-10H2,1H3. The monoisotopic (exact) mass is 273 g/mol. The van der Waals surface area contributed by atoms with E-state index in [0.29, 0.717) is 24.8 Å². The van der Waals surface area contributed by atoms with Crippen LogP contribution in [0.5, 0.6) is 5.75 Å². The molecule has 0 aliphatic heterocycles. The van der Waals surface area contributed by atoms with Gasteiger partial charge in [-0.1, -0.05) is 17.7 Å². The third kappa shape index (κ3) is 6.81. The Morgan fingerprint density at radius 1 is 1.22 bits per heavy atom. The molecule has 0 fully saturated rings. The SMILES string of the molecule is CN(CCOCCO)CCOc1cccc(Cl)c1. The van der Waals surface area contributed by atoms with Crippen LogP contribution in [0.25, 0.3) is 0 Å². The van der Waals surface area contributed by atoms with Crippen molar-refractivity contribution in [2.75, 3.05) is 46.6 Å². The van der Waals surface area contributed by atoms with Crippen LogP contribution in [0.3, 0.4) is 0 Å². The van der Waals surface area contributed by atoms with Crippen LogP contribution in [0.4, 0.5) is 0 Å². The van der Waals surface area contributed by atoms with Gasteiger partial charge < -0.3 is 19.5 Å². The lowest BCUT2D eigenvalue weighted by Gasteiger charge is -2.16. The minimum absolute atomic E-state index is 0.0710. The van der Waals surface area contributed by atoms with Crippen molar-refractivity contribution in [1.82, 2.24) is 4.90 Å². The van der Waals surface area contributed by atoms with Crippen LogP contribution in [-0.2, 0) is 4.74 Å². The van der Waals surface area contributed by atoms with E-state index in [-0.39, 0.29) is 6.61 Å². The molecule has 0 saturated carbocycles. The largest absolute Gasteiger partial charge is 0.492 e. The summed E-state index contributed by atoms with van der Waals surface area (Å²) in [5.41, 5.74) is 0. The maximum Gasteiger partial charge on any atom is 0.120 e. The van der Waals surface area contributed by atoms with Crippen molar-refractivity contribution in [3.63, 3.8) is 0 Å². The quantitative estimate of drug-likeness (QED) is 0.695. The van der Waals surface area contributed by atoms with Gasteiger partial charge in [0, 0.05) is 18.1 Å². The highest BCUT2D eigenvalue weighted by atomic mass is 35.5. The Morgan fingerprint density at radius 3 is 2.72 bits per heavy atom. The van der Waals surface area contributed by atoms with E-state index < -0.39 is 0 Å². The summed E-state index contributed by atoms with van der Waals surface area (Å²) in [6.45, 7) is 3.33. The average molecular weight is 274 g/mol. The van der Waals surface area contributed by atoms with Crippen LogP contribution in [0.2, 0.25) is 5.02 Å². The molecule has 1 rings (SSSR count). The maximum atomic E-state index is 8.55. The number of nitrogens with zero attached hydrogens (tertiary/aromatic N) is 1. The topological polar surface area (TPSA) is 41.9 Å². The second-order valence-corrected chi connectivity index (χ2v) is 4.38. The van der Waals surface area contributed by atoms with Gasteiger partial charge in [0.25, 0.3) is 0 Å². The maximum absolute atomic E-state index is 8.55.